The number of H-pyrrole nitrogens is 1. The number of nitrogens with one attached hydrogen (secondary N) is 1. The molecule has 2 fully saturated rings. The van der Waals surface area contributed by atoms with Crippen molar-refractivity contribution in [3.8, 4) is 17.2 Å². The highest BCUT2D eigenvalue weighted by molar-refractivity contribution is 5.95. The summed E-state index contributed by atoms with van der Waals surface area (Å²) in [5, 5.41) is 0. The number of carbonyl (C=O) groups excluding carboxylic acids is 1. The number of carbonyl (C=O) groups is 1. The molecule has 2 aliphatic rings. The topological polar surface area (TPSA) is 74.9 Å². The molecule has 10 heteroatoms. The molecule has 2 aromatic carbocycles. The highest BCUT2D eigenvalue weighted by atomic mass is 19.4. The first kappa shape index (κ1) is 27.8. The zero-order valence-electron chi connectivity index (χ0n) is 22.3. The van der Waals surface area contributed by atoms with Gasteiger partial charge in [-0.3, -0.25) is 14.5 Å². The van der Waals surface area contributed by atoms with Crippen LogP contribution in [0.4, 0.5) is 13.2 Å². The van der Waals surface area contributed by atoms with E-state index in [9.17, 15) is 22.8 Å². The molecule has 0 atom stereocenters. The molecule has 0 saturated carbocycles. The summed E-state index contributed by atoms with van der Waals surface area (Å²) in [6.45, 7) is 3.29. The summed E-state index contributed by atoms with van der Waals surface area (Å²) in [5.41, 5.74) is -1.53. The Bertz CT molecular complexity index is 1400. The van der Waals surface area contributed by atoms with Gasteiger partial charge in [0.05, 0.1) is 12.7 Å². The number of methoxy groups -OCH3 is 1. The van der Waals surface area contributed by atoms with E-state index in [0.29, 0.717) is 24.6 Å². The lowest BCUT2D eigenvalue weighted by molar-refractivity contribution is -0.141. The number of nitrogens with zero attached hydrogens (tertiary/aromatic N) is 2. The molecule has 1 aromatic heterocycles. The van der Waals surface area contributed by atoms with Crippen LogP contribution >= 0.6 is 0 Å². The zero-order chi connectivity index (χ0) is 28.3. The summed E-state index contributed by atoms with van der Waals surface area (Å²) in [7, 11) is 1.61. The molecule has 0 radical (unpaired) electrons. The van der Waals surface area contributed by atoms with Crippen LogP contribution in [0, 0.1) is 5.41 Å². The van der Waals surface area contributed by atoms with Crippen LogP contribution in [0.3, 0.4) is 0 Å². The fraction of sp³-hybridized carbons (Fsp3) is 0.400. The standard InChI is InChI=1S/C30H32F3N3O4/c1-39-24-8-4-5-9-25(24)40-23-7-3-2-6-21(23)20-35-16-12-29(13-17-35)14-18-36(19-15-29)28(38)22-10-11-26(37)34-27(22)30(31,32)33/h2-11H,12-20H2,1H3,(H,34,37). The molecule has 1 N–H and O–H groups in total. The first-order valence-electron chi connectivity index (χ1n) is 13.4. The lowest BCUT2D eigenvalue weighted by atomic mass is 9.71. The normalized spacial score (nSPS) is 17.6. The van der Waals surface area contributed by atoms with Crippen molar-refractivity contribution in [1.82, 2.24) is 14.8 Å². The minimum Gasteiger partial charge on any atom is -0.493 e. The maximum atomic E-state index is 13.4. The molecule has 2 aliphatic heterocycles. The molecule has 0 bridgehead atoms. The molecule has 1 spiro atoms. The van der Waals surface area contributed by atoms with Gasteiger partial charge in [0.25, 0.3) is 5.91 Å². The largest absolute Gasteiger partial charge is 0.493 e. The number of ether oxygens (including phenoxy) is 2. The summed E-state index contributed by atoms with van der Waals surface area (Å²) in [6.07, 6.45) is -1.42. The highest BCUT2D eigenvalue weighted by Crippen LogP contribution is 2.42. The first-order valence-corrected chi connectivity index (χ1v) is 13.4. The monoisotopic (exact) mass is 555 g/mol. The van der Waals surface area contributed by atoms with Crippen molar-refractivity contribution < 1.29 is 27.4 Å². The van der Waals surface area contributed by atoms with E-state index in [1.165, 1.54) is 4.90 Å². The number of alkyl halides is 3. The average Bonchev–Trinajstić information content (AvgIpc) is 2.95. The van der Waals surface area contributed by atoms with Crippen LogP contribution in [0.1, 0.15) is 47.3 Å². The maximum absolute atomic E-state index is 13.4. The summed E-state index contributed by atoms with van der Waals surface area (Å²) in [4.78, 5) is 30.1. The predicted octanol–water partition coefficient (Wildman–Crippen LogP) is 5.71. The summed E-state index contributed by atoms with van der Waals surface area (Å²) in [6, 6.07) is 17.4. The predicted molar refractivity (Wildman–Crippen MR) is 144 cm³/mol. The third kappa shape index (κ3) is 6.01. The minimum absolute atomic E-state index is 0.0680. The number of likely N-dealkylation sites (tertiary alicyclic amines) is 2. The van der Waals surface area contributed by atoms with Crippen molar-refractivity contribution in [3.63, 3.8) is 0 Å². The highest BCUT2D eigenvalue weighted by Gasteiger charge is 2.41. The van der Waals surface area contributed by atoms with Gasteiger partial charge in [-0.1, -0.05) is 30.3 Å². The van der Waals surface area contributed by atoms with Crippen molar-refractivity contribution in [2.24, 2.45) is 5.41 Å². The van der Waals surface area contributed by atoms with Gasteiger partial charge in [-0.2, -0.15) is 13.2 Å². The Hall–Kier alpha value is -3.79. The number of para-hydroxylation sites is 3. The van der Waals surface area contributed by atoms with Crippen molar-refractivity contribution in [2.75, 3.05) is 33.3 Å². The molecule has 3 aromatic rings. The number of benzene rings is 2. The number of aromatic nitrogens is 1. The van der Waals surface area contributed by atoms with E-state index in [1.807, 2.05) is 42.5 Å². The number of pyridine rings is 1. The molecule has 212 valence electrons. The Kier molecular flexibility index (Phi) is 7.89. The van der Waals surface area contributed by atoms with E-state index >= 15 is 0 Å². The fourth-order valence-corrected chi connectivity index (χ4v) is 5.71. The van der Waals surface area contributed by atoms with E-state index < -0.39 is 28.9 Å². The van der Waals surface area contributed by atoms with E-state index in [4.69, 9.17) is 9.47 Å². The molecular formula is C30H32F3N3O4. The SMILES string of the molecule is COc1ccccc1Oc1ccccc1CN1CCC2(CC1)CCN(C(=O)c1ccc(=O)[nH]c1C(F)(F)F)CC2. The Labute approximate surface area is 230 Å². The van der Waals surface area contributed by atoms with E-state index in [0.717, 1.165) is 68.8 Å². The van der Waals surface area contributed by atoms with Gasteiger partial charge in [0.15, 0.2) is 11.5 Å². The third-order valence-corrected chi connectivity index (χ3v) is 8.12. The summed E-state index contributed by atoms with van der Waals surface area (Å²) >= 11 is 0. The second kappa shape index (κ2) is 11.4. The van der Waals surface area contributed by atoms with E-state index in [1.54, 1.807) is 12.1 Å². The molecular weight excluding hydrogens is 523 g/mol. The van der Waals surface area contributed by atoms with Gasteiger partial charge in [0.2, 0.25) is 5.56 Å². The van der Waals surface area contributed by atoms with Crippen molar-refractivity contribution >= 4 is 5.91 Å². The van der Waals surface area contributed by atoms with Gasteiger partial charge in [0, 0.05) is 31.3 Å². The maximum Gasteiger partial charge on any atom is 0.432 e. The molecule has 2 saturated heterocycles. The Morgan fingerprint density at radius 1 is 0.875 bits per heavy atom. The first-order chi connectivity index (χ1) is 19.2. The van der Waals surface area contributed by atoms with Crippen molar-refractivity contribution in [2.45, 2.75) is 38.4 Å². The van der Waals surface area contributed by atoms with Crippen LogP contribution in [0.15, 0.2) is 65.5 Å². The average molecular weight is 556 g/mol. The lowest BCUT2D eigenvalue weighted by Crippen LogP contribution is -2.48. The Balaban J connectivity index is 1.19. The number of amides is 1. The Morgan fingerprint density at radius 3 is 2.12 bits per heavy atom. The van der Waals surface area contributed by atoms with Crippen molar-refractivity contribution in [1.29, 1.82) is 0 Å². The van der Waals surface area contributed by atoms with Crippen LogP contribution in [-0.2, 0) is 12.7 Å². The lowest BCUT2D eigenvalue weighted by Gasteiger charge is -2.47. The number of halogens is 3. The molecule has 40 heavy (non-hydrogen) atoms. The van der Waals surface area contributed by atoms with E-state index in [2.05, 4.69) is 11.0 Å². The number of hydrogen-bond acceptors (Lipinski definition) is 5. The van der Waals surface area contributed by atoms with Crippen LogP contribution in [-0.4, -0.2) is 54.0 Å². The summed E-state index contributed by atoms with van der Waals surface area (Å²) < 4.78 is 52.0. The second-order valence-electron chi connectivity index (χ2n) is 10.5. The van der Waals surface area contributed by atoms with Gasteiger partial charge in [-0.05, 0) is 68.5 Å². The van der Waals surface area contributed by atoms with Gasteiger partial charge in [-0.25, -0.2) is 0 Å². The molecule has 0 aliphatic carbocycles. The smallest absolute Gasteiger partial charge is 0.432 e. The van der Waals surface area contributed by atoms with Crippen LogP contribution in [0.5, 0.6) is 17.2 Å². The summed E-state index contributed by atoms with van der Waals surface area (Å²) in [5.74, 6) is 1.40. The third-order valence-electron chi connectivity index (χ3n) is 8.12. The number of rotatable bonds is 6. The fourth-order valence-electron chi connectivity index (χ4n) is 5.71. The molecule has 1 amide bonds. The minimum atomic E-state index is -4.81. The van der Waals surface area contributed by atoms with Gasteiger partial charge < -0.3 is 19.4 Å². The van der Waals surface area contributed by atoms with Gasteiger partial charge in [-0.15, -0.1) is 0 Å². The van der Waals surface area contributed by atoms with Crippen LogP contribution in [0.2, 0.25) is 0 Å². The van der Waals surface area contributed by atoms with Crippen molar-refractivity contribution in [3.05, 3.63) is 87.8 Å². The number of piperidine rings is 2. The quantitative estimate of drug-likeness (QED) is 0.422. The molecule has 5 rings (SSSR count). The molecule has 7 nitrogen and oxygen atoms in total. The van der Waals surface area contributed by atoms with Gasteiger partial charge >= 0.3 is 6.18 Å². The zero-order valence-corrected chi connectivity index (χ0v) is 22.3. The number of aromatic amines is 1. The van der Waals surface area contributed by atoms with Gasteiger partial charge in [0.1, 0.15) is 11.4 Å². The van der Waals surface area contributed by atoms with Crippen LogP contribution < -0.4 is 15.0 Å². The number of hydrogen-bond donors (Lipinski definition) is 1. The van der Waals surface area contributed by atoms with Crippen LogP contribution in [0.25, 0.3) is 0 Å². The second-order valence-corrected chi connectivity index (χ2v) is 10.5. The molecule has 0 unspecified atom stereocenters. The van der Waals surface area contributed by atoms with E-state index in [-0.39, 0.29) is 5.41 Å². The molecule has 3 heterocycles. The Morgan fingerprint density at radius 2 is 1.48 bits per heavy atom.